The second kappa shape index (κ2) is 3.88. The summed E-state index contributed by atoms with van der Waals surface area (Å²) in [4.78, 5) is 11.4. The number of Topliss-reactive ketones (excluding diaryl/α,β-unsaturated/α-hetero) is 1. The number of ketones is 1. The van der Waals surface area contributed by atoms with Gasteiger partial charge in [-0.2, -0.15) is 0 Å². The van der Waals surface area contributed by atoms with Gasteiger partial charge in [-0.15, -0.1) is 0 Å². The molecule has 1 rings (SSSR count). The highest BCUT2D eigenvalue weighted by Crippen LogP contribution is 2.25. The zero-order valence-electron chi connectivity index (χ0n) is 6.85. The third-order valence-corrected chi connectivity index (χ3v) is 2.34. The summed E-state index contributed by atoms with van der Waals surface area (Å²) >= 11 is 5.88. The van der Waals surface area contributed by atoms with E-state index in [0.717, 1.165) is 4.47 Å². The molecule has 0 N–H and O–H groups in total. The van der Waals surface area contributed by atoms with E-state index >= 15 is 0 Å². The van der Waals surface area contributed by atoms with E-state index < -0.39 is 10.4 Å². The van der Waals surface area contributed by atoms with Crippen LogP contribution in [0.25, 0.3) is 0 Å². The molecule has 0 bridgehead atoms. The molecule has 1 unspecified atom stereocenters. The second-order valence-corrected chi connectivity index (χ2v) is 5.13. The van der Waals surface area contributed by atoms with Gasteiger partial charge in [0.05, 0.1) is 0 Å². The van der Waals surface area contributed by atoms with Gasteiger partial charge in [-0.1, -0.05) is 28.1 Å². The van der Waals surface area contributed by atoms with E-state index in [9.17, 15) is 9.18 Å². The van der Waals surface area contributed by atoms with Crippen molar-refractivity contribution in [2.75, 3.05) is 0 Å². The van der Waals surface area contributed by atoms with Crippen LogP contribution in [0.1, 0.15) is 17.3 Å². The molecule has 70 valence electrons. The first-order valence-corrected chi connectivity index (χ1v) is 5.18. The van der Waals surface area contributed by atoms with Crippen molar-refractivity contribution in [3.8, 4) is 0 Å². The predicted molar refractivity (Wildman–Crippen MR) is 56.9 cm³/mol. The summed E-state index contributed by atoms with van der Waals surface area (Å²) in [5, 5.41) is 0. The van der Waals surface area contributed by atoms with Crippen molar-refractivity contribution in [2.45, 2.75) is 11.5 Å². The molecule has 0 fully saturated rings. The van der Waals surface area contributed by atoms with Crippen molar-refractivity contribution >= 4 is 37.6 Å². The molecule has 1 aromatic rings. The molecule has 0 amide bonds. The molecule has 0 aliphatic heterocycles. The Bertz CT molecular complexity index is 331. The van der Waals surface area contributed by atoms with Crippen LogP contribution in [-0.4, -0.2) is 10.4 Å². The number of hydrogen-bond donors (Lipinski definition) is 0. The molecule has 0 radical (unpaired) electrons. The van der Waals surface area contributed by atoms with Gasteiger partial charge in [0.1, 0.15) is 0 Å². The monoisotopic (exact) mass is 308 g/mol. The number of alkyl halides is 2. The van der Waals surface area contributed by atoms with Crippen LogP contribution in [0.15, 0.2) is 28.7 Å². The molecule has 0 spiro atoms. The maximum Gasteiger partial charge on any atom is 0.224 e. The van der Waals surface area contributed by atoms with Crippen LogP contribution in [0, 0.1) is 0 Å². The van der Waals surface area contributed by atoms with Crippen molar-refractivity contribution in [1.29, 1.82) is 0 Å². The quantitative estimate of drug-likeness (QED) is 0.601. The lowest BCUT2D eigenvalue weighted by molar-refractivity contribution is 0.0866. The van der Waals surface area contributed by atoms with E-state index in [1.165, 1.54) is 6.92 Å². The molecule has 0 aliphatic rings. The summed E-state index contributed by atoms with van der Waals surface area (Å²) in [7, 11) is 0. The standard InChI is InChI=1S/C9H7Br2FO/c1-9(11,12)8(13)6-3-2-4-7(10)5-6/h2-5H,1H3. The van der Waals surface area contributed by atoms with Crippen molar-refractivity contribution in [2.24, 2.45) is 0 Å². The highest BCUT2D eigenvalue weighted by atomic mass is 79.9. The minimum absolute atomic E-state index is 0.344. The summed E-state index contributed by atoms with van der Waals surface area (Å²) in [6.45, 7) is 1.18. The molecule has 1 nitrogen and oxygen atoms in total. The van der Waals surface area contributed by atoms with Gasteiger partial charge >= 0.3 is 0 Å². The Morgan fingerprint density at radius 3 is 2.62 bits per heavy atom. The molecule has 0 aromatic heterocycles. The maximum absolute atomic E-state index is 13.2. The van der Waals surface area contributed by atoms with Crippen LogP contribution >= 0.6 is 31.9 Å². The van der Waals surface area contributed by atoms with Crippen molar-refractivity contribution in [3.05, 3.63) is 34.3 Å². The second-order valence-electron chi connectivity index (χ2n) is 2.73. The first-order chi connectivity index (χ1) is 5.91. The van der Waals surface area contributed by atoms with Crippen molar-refractivity contribution in [1.82, 2.24) is 0 Å². The molecular formula is C9H7Br2FO. The van der Waals surface area contributed by atoms with Gasteiger partial charge in [0.15, 0.2) is 0 Å². The summed E-state index contributed by atoms with van der Waals surface area (Å²) in [6.07, 6.45) is 0. The molecular weight excluding hydrogens is 303 g/mol. The molecule has 0 saturated heterocycles. The minimum Gasteiger partial charge on any atom is -0.290 e. The number of carbonyl (C=O) groups excluding carboxylic acids is 1. The van der Waals surface area contributed by atoms with Gasteiger partial charge in [-0.05, 0) is 35.0 Å². The lowest BCUT2D eigenvalue weighted by Crippen LogP contribution is -2.22. The molecule has 13 heavy (non-hydrogen) atoms. The molecule has 1 aromatic carbocycles. The van der Waals surface area contributed by atoms with Crippen LogP contribution in [0.3, 0.4) is 0 Å². The van der Waals surface area contributed by atoms with E-state index in [1.807, 2.05) is 0 Å². The van der Waals surface area contributed by atoms with E-state index in [1.54, 1.807) is 24.3 Å². The summed E-state index contributed by atoms with van der Waals surface area (Å²) < 4.78 is 11.9. The highest BCUT2D eigenvalue weighted by molar-refractivity contribution is 9.10. The number of hydrogen-bond acceptors (Lipinski definition) is 1. The van der Waals surface area contributed by atoms with Gasteiger partial charge in [-0.3, -0.25) is 4.79 Å². The van der Waals surface area contributed by atoms with Gasteiger partial charge in [0.2, 0.25) is 10.4 Å². The van der Waals surface area contributed by atoms with Crippen LogP contribution in [0.4, 0.5) is 4.39 Å². The fraction of sp³-hybridized carbons (Fsp3) is 0.222. The number of rotatable bonds is 2. The third-order valence-electron chi connectivity index (χ3n) is 1.49. The Kier molecular flexibility index (Phi) is 3.24. The van der Waals surface area contributed by atoms with Crippen LogP contribution in [-0.2, 0) is 0 Å². The van der Waals surface area contributed by atoms with Gasteiger partial charge in [-0.25, -0.2) is 4.39 Å². The van der Waals surface area contributed by atoms with Gasteiger partial charge in [0.25, 0.3) is 0 Å². The average Bonchev–Trinajstić information content (AvgIpc) is 2.01. The van der Waals surface area contributed by atoms with Gasteiger partial charge in [0, 0.05) is 10.0 Å². The number of carbonyl (C=O) groups is 1. The normalized spacial score (nSPS) is 15.1. The highest BCUT2D eigenvalue weighted by Gasteiger charge is 2.29. The van der Waals surface area contributed by atoms with E-state index in [2.05, 4.69) is 31.9 Å². The van der Waals surface area contributed by atoms with E-state index in [0.29, 0.717) is 5.56 Å². The fourth-order valence-electron chi connectivity index (χ4n) is 0.883. The Morgan fingerprint density at radius 2 is 2.15 bits per heavy atom. The lowest BCUT2D eigenvalue weighted by Gasteiger charge is -2.10. The fourth-order valence-corrected chi connectivity index (χ4v) is 1.51. The van der Waals surface area contributed by atoms with Crippen LogP contribution in [0.5, 0.6) is 0 Å². The zero-order valence-corrected chi connectivity index (χ0v) is 10.0. The number of benzene rings is 1. The molecule has 1 atom stereocenters. The molecule has 4 heteroatoms. The molecule has 0 saturated carbocycles. The number of halogens is 3. The zero-order chi connectivity index (χ0) is 10.1. The predicted octanol–water partition coefficient (Wildman–Crippen LogP) is 3.71. The van der Waals surface area contributed by atoms with Crippen LogP contribution in [0.2, 0.25) is 0 Å². The van der Waals surface area contributed by atoms with Crippen LogP contribution < -0.4 is 0 Å². The smallest absolute Gasteiger partial charge is 0.224 e. The SMILES string of the molecule is CC(F)(Br)C(=O)c1cccc(Br)c1. The summed E-state index contributed by atoms with van der Waals surface area (Å²) in [5.41, 5.74) is 0.344. The maximum atomic E-state index is 13.2. The third kappa shape index (κ3) is 2.88. The Morgan fingerprint density at radius 1 is 1.54 bits per heavy atom. The van der Waals surface area contributed by atoms with E-state index in [-0.39, 0.29) is 0 Å². The average molecular weight is 310 g/mol. The van der Waals surface area contributed by atoms with E-state index in [4.69, 9.17) is 0 Å². The first kappa shape index (κ1) is 10.9. The minimum atomic E-state index is -1.99. The summed E-state index contributed by atoms with van der Waals surface area (Å²) in [6, 6.07) is 6.63. The topological polar surface area (TPSA) is 17.1 Å². The van der Waals surface area contributed by atoms with Crippen molar-refractivity contribution in [3.63, 3.8) is 0 Å². The Balaban J connectivity index is 3.03. The summed E-state index contributed by atoms with van der Waals surface area (Å²) in [5.74, 6) is -0.575. The van der Waals surface area contributed by atoms with Crippen molar-refractivity contribution < 1.29 is 9.18 Å². The van der Waals surface area contributed by atoms with Gasteiger partial charge < -0.3 is 0 Å². The Labute approximate surface area is 92.6 Å². The molecule has 0 aliphatic carbocycles. The Hall–Kier alpha value is -0.220. The molecule has 0 heterocycles. The lowest BCUT2D eigenvalue weighted by atomic mass is 10.1. The first-order valence-electron chi connectivity index (χ1n) is 3.59. The largest absolute Gasteiger partial charge is 0.290 e.